The predicted molar refractivity (Wildman–Crippen MR) is 113 cm³/mol. The van der Waals surface area contributed by atoms with Crippen LogP contribution in [-0.2, 0) is 17.9 Å². The van der Waals surface area contributed by atoms with Gasteiger partial charge in [-0.2, -0.15) is 0 Å². The third-order valence-corrected chi connectivity index (χ3v) is 4.33. The minimum absolute atomic E-state index is 0.0565. The van der Waals surface area contributed by atoms with E-state index in [2.05, 4.69) is 34.5 Å². The van der Waals surface area contributed by atoms with Crippen LogP contribution in [-0.4, -0.2) is 24.0 Å². The summed E-state index contributed by atoms with van der Waals surface area (Å²) >= 11 is 0. The van der Waals surface area contributed by atoms with Crippen molar-refractivity contribution in [2.75, 3.05) is 18.5 Å². The molecule has 0 fully saturated rings. The molecule has 1 amide bonds. The van der Waals surface area contributed by atoms with Gasteiger partial charge < -0.3 is 10.1 Å². The zero-order valence-electron chi connectivity index (χ0n) is 16.2. The molecule has 3 rings (SSSR count). The van der Waals surface area contributed by atoms with Crippen molar-refractivity contribution in [3.05, 3.63) is 96.1 Å². The predicted octanol–water partition coefficient (Wildman–Crippen LogP) is 4.73. The number of nitrogens with one attached hydrogen (secondary N) is 1. The summed E-state index contributed by atoms with van der Waals surface area (Å²) in [5.74, 6) is 0.634. The highest BCUT2D eigenvalue weighted by atomic mass is 16.5. The van der Waals surface area contributed by atoms with Crippen LogP contribution in [0.3, 0.4) is 0 Å². The second-order valence-corrected chi connectivity index (χ2v) is 6.59. The maximum Gasteiger partial charge on any atom is 0.238 e. The van der Waals surface area contributed by atoms with E-state index in [4.69, 9.17) is 4.74 Å². The smallest absolute Gasteiger partial charge is 0.238 e. The molecule has 0 radical (unpaired) electrons. The fourth-order valence-corrected chi connectivity index (χ4v) is 3.10. The first-order valence-corrected chi connectivity index (χ1v) is 9.56. The van der Waals surface area contributed by atoms with E-state index >= 15 is 0 Å². The van der Waals surface area contributed by atoms with E-state index < -0.39 is 0 Å². The second-order valence-electron chi connectivity index (χ2n) is 6.59. The van der Waals surface area contributed by atoms with E-state index in [0.717, 1.165) is 0 Å². The second kappa shape index (κ2) is 10.3. The molecular formula is C24H26N2O2. The van der Waals surface area contributed by atoms with Crippen LogP contribution in [0, 0.1) is 0 Å². The van der Waals surface area contributed by atoms with E-state index in [1.54, 1.807) is 0 Å². The van der Waals surface area contributed by atoms with Crippen LogP contribution in [0.15, 0.2) is 84.9 Å². The zero-order chi connectivity index (χ0) is 19.6. The summed E-state index contributed by atoms with van der Waals surface area (Å²) in [6.07, 6.45) is 0. The van der Waals surface area contributed by atoms with Crippen LogP contribution in [0.4, 0.5) is 5.69 Å². The number of ether oxygens (including phenoxy) is 1. The highest BCUT2D eigenvalue weighted by Crippen LogP contribution is 2.23. The fraction of sp³-hybridized carbons (Fsp3) is 0.208. The average Bonchev–Trinajstić information content (AvgIpc) is 2.71. The maximum absolute atomic E-state index is 12.8. The van der Waals surface area contributed by atoms with Crippen LogP contribution in [0.2, 0.25) is 0 Å². The number of para-hydroxylation sites is 2. The first kappa shape index (κ1) is 19.6. The minimum atomic E-state index is -0.0565. The molecule has 1 N–H and O–H groups in total. The Balaban J connectivity index is 1.70. The lowest BCUT2D eigenvalue weighted by Crippen LogP contribution is -2.32. The van der Waals surface area contributed by atoms with Crippen molar-refractivity contribution in [1.82, 2.24) is 4.90 Å². The summed E-state index contributed by atoms with van der Waals surface area (Å²) in [6.45, 7) is 4.19. The summed E-state index contributed by atoms with van der Waals surface area (Å²) in [4.78, 5) is 14.9. The average molecular weight is 374 g/mol. The van der Waals surface area contributed by atoms with Gasteiger partial charge >= 0.3 is 0 Å². The molecule has 0 aliphatic carbocycles. The van der Waals surface area contributed by atoms with Crippen molar-refractivity contribution in [2.45, 2.75) is 20.0 Å². The third kappa shape index (κ3) is 5.96. The Labute approximate surface area is 166 Å². The molecule has 144 valence electrons. The van der Waals surface area contributed by atoms with Gasteiger partial charge in [0.15, 0.2) is 0 Å². The highest BCUT2D eigenvalue weighted by molar-refractivity contribution is 5.93. The molecule has 3 aromatic carbocycles. The van der Waals surface area contributed by atoms with Crippen molar-refractivity contribution in [1.29, 1.82) is 0 Å². The Hall–Kier alpha value is -3.11. The Morgan fingerprint density at radius 1 is 0.821 bits per heavy atom. The van der Waals surface area contributed by atoms with Crippen molar-refractivity contribution in [2.24, 2.45) is 0 Å². The standard InChI is InChI=1S/C24H26N2O2/c1-2-28-23-16-10-9-15-22(23)25-24(27)19-26(17-20-11-5-3-6-12-20)18-21-13-7-4-8-14-21/h3-16H,2,17-19H2,1H3,(H,25,27). The molecule has 0 saturated heterocycles. The molecule has 28 heavy (non-hydrogen) atoms. The van der Waals surface area contributed by atoms with Gasteiger partial charge in [-0.05, 0) is 30.2 Å². The summed E-state index contributed by atoms with van der Waals surface area (Å²) < 4.78 is 5.61. The Bertz CT molecular complexity index is 825. The van der Waals surface area contributed by atoms with Crippen LogP contribution < -0.4 is 10.1 Å². The number of benzene rings is 3. The molecule has 0 spiro atoms. The first-order valence-electron chi connectivity index (χ1n) is 9.56. The highest BCUT2D eigenvalue weighted by Gasteiger charge is 2.14. The topological polar surface area (TPSA) is 41.6 Å². The molecule has 0 aliphatic rings. The van der Waals surface area contributed by atoms with E-state index in [0.29, 0.717) is 37.7 Å². The molecule has 4 heteroatoms. The number of carbonyl (C=O) groups excluding carboxylic acids is 1. The van der Waals surface area contributed by atoms with Gasteiger partial charge in [-0.3, -0.25) is 9.69 Å². The number of carbonyl (C=O) groups is 1. The van der Waals surface area contributed by atoms with Gasteiger partial charge in [-0.25, -0.2) is 0 Å². The molecule has 0 unspecified atom stereocenters. The lowest BCUT2D eigenvalue weighted by molar-refractivity contribution is -0.117. The van der Waals surface area contributed by atoms with Gasteiger partial charge in [0, 0.05) is 13.1 Å². The first-order chi connectivity index (χ1) is 13.7. The number of hydrogen-bond donors (Lipinski definition) is 1. The normalized spacial score (nSPS) is 10.6. The monoisotopic (exact) mass is 374 g/mol. The molecule has 3 aromatic rings. The van der Waals surface area contributed by atoms with Crippen molar-refractivity contribution < 1.29 is 9.53 Å². The van der Waals surface area contributed by atoms with Crippen molar-refractivity contribution in [3.63, 3.8) is 0 Å². The number of hydrogen-bond acceptors (Lipinski definition) is 3. The number of nitrogens with zero attached hydrogens (tertiary/aromatic N) is 1. The van der Waals surface area contributed by atoms with Crippen LogP contribution in [0.5, 0.6) is 5.75 Å². The summed E-state index contributed by atoms with van der Waals surface area (Å²) in [5.41, 5.74) is 3.07. The fourth-order valence-electron chi connectivity index (χ4n) is 3.10. The largest absolute Gasteiger partial charge is 0.492 e. The molecule has 0 aromatic heterocycles. The van der Waals surface area contributed by atoms with E-state index in [9.17, 15) is 4.79 Å². The molecule has 0 atom stereocenters. The van der Waals surface area contributed by atoms with Crippen molar-refractivity contribution >= 4 is 11.6 Å². The quantitative estimate of drug-likeness (QED) is 0.589. The molecule has 4 nitrogen and oxygen atoms in total. The number of anilines is 1. The minimum Gasteiger partial charge on any atom is -0.492 e. The van der Waals surface area contributed by atoms with Crippen molar-refractivity contribution in [3.8, 4) is 5.75 Å². The summed E-state index contributed by atoms with van der Waals surface area (Å²) in [6, 6.07) is 28.0. The lowest BCUT2D eigenvalue weighted by Gasteiger charge is -2.22. The molecule has 0 saturated carbocycles. The van der Waals surface area contributed by atoms with Crippen LogP contribution in [0.25, 0.3) is 0 Å². The van der Waals surface area contributed by atoms with Crippen LogP contribution in [0.1, 0.15) is 18.1 Å². The van der Waals surface area contributed by atoms with E-state index in [1.807, 2.05) is 67.6 Å². The molecule has 0 bridgehead atoms. The van der Waals surface area contributed by atoms with E-state index in [1.165, 1.54) is 11.1 Å². The zero-order valence-corrected chi connectivity index (χ0v) is 16.2. The Kier molecular flexibility index (Phi) is 7.21. The van der Waals surface area contributed by atoms with E-state index in [-0.39, 0.29) is 5.91 Å². The Morgan fingerprint density at radius 3 is 1.93 bits per heavy atom. The number of amides is 1. The summed E-state index contributed by atoms with van der Waals surface area (Å²) in [7, 11) is 0. The third-order valence-electron chi connectivity index (χ3n) is 4.33. The molecule has 0 heterocycles. The molecule has 0 aliphatic heterocycles. The van der Waals surface area contributed by atoms with Gasteiger partial charge in [0.2, 0.25) is 5.91 Å². The van der Waals surface area contributed by atoms with Gasteiger partial charge in [0.05, 0.1) is 18.8 Å². The van der Waals surface area contributed by atoms with Gasteiger partial charge in [-0.15, -0.1) is 0 Å². The lowest BCUT2D eigenvalue weighted by atomic mass is 10.1. The van der Waals surface area contributed by atoms with Crippen LogP contribution >= 0.6 is 0 Å². The van der Waals surface area contributed by atoms with Gasteiger partial charge in [0.25, 0.3) is 0 Å². The summed E-state index contributed by atoms with van der Waals surface area (Å²) in [5, 5.41) is 2.99. The number of rotatable bonds is 9. The Morgan fingerprint density at radius 2 is 1.36 bits per heavy atom. The maximum atomic E-state index is 12.8. The SMILES string of the molecule is CCOc1ccccc1NC(=O)CN(Cc1ccccc1)Cc1ccccc1. The molecular weight excluding hydrogens is 348 g/mol. The van der Waals surface area contributed by atoms with Gasteiger partial charge in [0.1, 0.15) is 5.75 Å². The van der Waals surface area contributed by atoms with Gasteiger partial charge in [-0.1, -0.05) is 72.8 Å².